The van der Waals surface area contributed by atoms with Crippen molar-refractivity contribution in [3.63, 3.8) is 0 Å². The lowest BCUT2D eigenvalue weighted by Gasteiger charge is -2.15. The van der Waals surface area contributed by atoms with E-state index in [4.69, 9.17) is 21.4 Å². The summed E-state index contributed by atoms with van der Waals surface area (Å²) < 4.78 is 33.7. The minimum atomic E-state index is -4.21. The first-order valence-corrected chi connectivity index (χ1v) is 11.3. The number of hydrogen-bond acceptors (Lipinski definition) is 5. The average molecular weight is 487 g/mol. The van der Waals surface area contributed by atoms with Gasteiger partial charge in [-0.3, -0.25) is 9.52 Å². The molecule has 0 heterocycles. The van der Waals surface area contributed by atoms with Crippen molar-refractivity contribution in [2.75, 3.05) is 17.1 Å². The number of rotatable bonds is 8. The van der Waals surface area contributed by atoms with E-state index in [2.05, 4.69) is 10.0 Å². The second-order valence-corrected chi connectivity index (χ2v) is 8.78. The summed E-state index contributed by atoms with van der Waals surface area (Å²) >= 11 is 5.97. The van der Waals surface area contributed by atoms with Crippen LogP contribution in [0, 0.1) is 0 Å². The van der Waals surface area contributed by atoms with Crippen molar-refractivity contribution in [3.8, 4) is 5.75 Å². The SMILES string of the molecule is COc1ccc(Cl)cc1S(=O)(=O)Nc1cc(C(=O)Nc2ccccc2)ccc1/C=C/C(=O)O. The number of hydrogen-bond donors (Lipinski definition) is 3. The van der Waals surface area contributed by atoms with Crippen LogP contribution in [0.5, 0.6) is 5.75 Å². The summed E-state index contributed by atoms with van der Waals surface area (Å²) in [5, 5.41) is 11.8. The molecule has 3 aromatic rings. The summed E-state index contributed by atoms with van der Waals surface area (Å²) in [5.74, 6) is -1.63. The number of benzene rings is 3. The predicted molar refractivity (Wildman–Crippen MR) is 126 cm³/mol. The van der Waals surface area contributed by atoms with Crippen molar-refractivity contribution in [1.82, 2.24) is 0 Å². The topological polar surface area (TPSA) is 122 Å². The number of carbonyl (C=O) groups excluding carboxylic acids is 1. The number of ether oxygens (including phenoxy) is 1. The lowest BCUT2D eigenvalue weighted by molar-refractivity contribution is -0.131. The van der Waals surface area contributed by atoms with Crippen LogP contribution in [0.1, 0.15) is 15.9 Å². The smallest absolute Gasteiger partial charge is 0.328 e. The molecule has 0 saturated carbocycles. The highest BCUT2D eigenvalue weighted by molar-refractivity contribution is 7.92. The lowest BCUT2D eigenvalue weighted by atomic mass is 10.1. The minimum absolute atomic E-state index is 0.00441. The fourth-order valence-corrected chi connectivity index (χ4v) is 4.39. The Kier molecular flexibility index (Phi) is 7.37. The summed E-state index contributed by atoms with van der Waals surface area (Å²) in [7, 11) is -2.90. The molecule has 8 nitrogen and oxygen atoms in total. The van der Waals surface area contributed by atoms with E-state index < -0.39 is 21.9 Å². The fraction of sp³-hybridized carbons (Fsp3) is 0.0435. The van der Waals surface area contributed by atoms with E-state index in [1.165, 1.54) is 49.6 Å². The third-order valence-corrected chi connectivity index (χ3v) is 6.03. The maximum absolute atomic E-state index is 13.1. The number of halogens is 1. The normalized spacial score (nSPS) is 11.2. The van der Waals surface area contributed by atoms with Crippen LogP contribution in [0.4, 0.5) is 11.4 Å². The van der Waals surface area contributed by atoms with Crippen LogP contribution in [0.3, 0.4) is 0 Å². The van der Waals surface area contributed by atoms with Gasteiger partial charge in [0.05, 0.1) is 12.8 Å². The molecule has 170 valence electrons. The Bertz CT molecular complexity index is 1320. The predicted octanol–water partition coefficient (Wildman–Crippen LogP) is 4.50. The molecule has 3 aromatic carbocycles. The van der Waals surface area contributed by atoms with E-state index in [1.54, 1.807) is 30.3 Å². The molecule has 3 rings (SSSR count). The van der Waals surface area contributed by atoms with Gasteiger partial charge in [-0.15, -0.1) is 0 Å². The monoisotopic (exact) mass is 486 g/mol. The highest BCUT2D eigenvalue weighted by Crippen LogP contribution is 2.30. The second-order valence-electron chi connectivity index (χ2n) is 6.69. The number of para-hydroxylation sites is 1. The highest BCUT2D eigenvalue weighted by Gasteiger charge is 2.22. The van der Waals surface area contributed by atoms with E-state index in [0.717, 1.165) is 6.08 Å². The summed E-state index contributed by atoms with van der Waals surface area (Å²) in [6.07, 6.45) is 2.07. The molecule has 0 bridgehead atoms. The Morgan fingerprint density at radius 3 is 2.42 bits per heavy atom. The van der Waals surface area contributed by atoms with Gasteiger partial charge in [-0.2, -0.15) is 0 Å². The minimum Gasteiger partial charge on any atom is -0.495 e. The van der Waals surface area contributed by atoms with Crippen LogP contribution < -0.4 is 14.8 Å². The zero-order chi connectivity index (χ0) is 24.0. The van der Waals surface area contributed by atoms with Crippen LogP contribution in [-0.2, 0) is 14.8 Å². The molecule has 33 heavy (non-hydrogen) atoms. The summed E-state index contributed by atoms with van der Waals surface area (Å²) in [6.45, 7) is 0. The number of aliphatic carboxylic acids is 1. The van der Waals surface area contributed by atoms with Crippen molar-refractivity contribution < 1.29 is 27.9 Å². The molecule has 0 fully saturated rings. The van der Waals surface area contributed by atoms with Crippen molar-refractivity contribution in [2.24, 2.45) is 0 Å². The van der Waals surface area contributed by atoms with E-state index in [0.29, 0.717) is 5.69 Å². The molecule has 0 aliphatic rings. The number of carboxylic acids is 1. The van der Waals surface area contributed by atoms with Crippen molar-refractivity contribution >= 4 is 51.0 Å². The molecular formula is C23H19ClN2O6S. The Labute approximate surface area is 195 Å². The molecule has 0 aliphatic heterocycles. The van der Waals surface area contributed by atoms with E-state index in [1.807, 2.05) is 0 Å². The third-order valence-electron chi connectivity index (χ3n) is 4.41. The van der Waals surface area contributed by atoms with Gasteiger partial charge >= 0.3 is 5.97 Å². The van der Waals surface area contributed by atoms with Gasteiger partial charge in [0.15, 0.2) is 0 Å². The number of carbonyl (C=O) groups is 2. The number of methoxy groups -OCH3 is 1. The molecule has 3 N–H and O–H groups in total. The zero-order valence-corrected chi connectivity index (χ0v) is 18.9. The molecular weight excluding hydrogens is 468 g/mol. The third kappa shape index (κ3) is 6.12. The van der Waals surface area contributed by atoms with Crippen LogP contribution in [-0.4, -0.2) is 32.5 Å². The first-order chi connectivity index (χ1) is 15.7. The molecule has 0 saturated heterocycles. The Hall–Kier alpha value is -3.82. The largest absolute Gasteiger partial charge is 0.495 e. The van der Waals surface area contributed by atoms with Crippen LogP contribution in [0.2, 0.25) is 5.02 Å². The molecule has 0 radical (unpaired) electrons. The second kappa shape index (κ2) is 10.2. The number of nitrogens with one attached hydrogen (secondary N) is 2. The van der Waals surface area contributed by atoms with Crippen LogP contribution >= 0.6 is 11.6 Å². The highest BCUT2D eigenvalue weighted by atomic mass is 35.5. The Balaban J connectivity index is 2.02. The van der Waals surface area contributed by atoms with Crippen LogP contribution in [0.15, 0.2) is 77.7 Å². The number of anilines is 2. The molecule has 0 aromatic heterocycles. The van der Waals surface area contributed by atoms with E-state index in [9.17, 15) is 18.0 Å². The average Bonchev–Trinajstić information content (AvgIpc) is 2.78. The van der Waals surface area contributed by atoms with Gasteiger partial charge in [0, 0.05) is 22.3 Å². The zero-order valence-electron chi connectivity index (χ0n) is 17.3. The van der Waals surface area contributed by atoms with Gasteiger partial charge in [-0.1, -0.05) is 35.9 Å². The Morgan fingerprint density at radius 2 is 1.76 bits per heavy atom. The summed E-state index contributed by atoms with van der Waals surface area (Å²) in [6, 6.07) is 17.0. The van der Waals surface area contributed by atoms with Gasteiger partial charge in [0.25, 0.3) is 15.9 Å². The molecule has 0 aliphatic carbocycles. The van der Waals surface area contributed by atoms with Gasteiger partial charge in [0.2, 0.25) is 0 Å². The maximum Gasteiger partial charge on any atom is 0.328 e. The van der Waals surface area contributed by atoms with Gasteiger partial charge in [-0.05, 0) is 54.1 Å². The molecule has 0 spiro atoms. The standard InChI is InChI=1S/C23H19ClN2O6S/c1-32-20-11-10-17(24)14-21(20)33(30,31)26-19-13-16(8-7-15(19)9-12-22(27)28)23(29)25-18-5-3-2-4-6-18/h2-14,26H,1H3,(H,25,29)(H,27,28)/b12-9+. The summed E-state index contributed by atoms with van der Waals surface area (Å²) in [5.41, 5.74) is 0.943. The maximum atomic E-state index is 13.1. The molecule has 0 atom stereocenters. The lowest BCUT2D eigenvalue weighted by Crippen LogP contribution is -2.17. The van der Waals surface area contributed by atoms with Crippen molar-refractivity contribution in [2.45, 2.75) is 4.90 Å². The first kappa shape index (κ1) is 23.8. The quantitative estimate of drug-likeness (QED) is 0.403. The fourth-order valence-electron chi connectivity index (χ4n) is 2.88. The number of sulfonamides is 1. The van der Waals surface area contributed by atoms with E-state index in [-0.39, 0.29) is 32.5 Å². The van der Waals surface area contributed by atoms with Crippen molar-refractivity contribution in [1.29, 1.82) is 0 Å². The Morgan fingerprint density at radius 1 is 1.03 bits per heavy atom. The van der Waals surface area contributed by atoms with Crippen LogP contribution in [0.25, 0.3) is 6.08 Å². The first-order valence-electron chi connectivity index (χ1n) is 9.47. The number of carboxylic acid groups (broad SMARTS) is 1. The molecule has 1 amide bonds. The molecule has 10 heteroatoms. The number of amides is 1. The van der Waals surface area contributed by atoms with Crippen molar-refractivity contribution in [3.05, 3.63) is 89.0 Å². The molecule has 0 unspecified atom stereocenters. The van der Waals surface area contributed by atoms with Gasteiger partial charge in [0.1, 0.15) is 10.6 Å². The van der Waals surface area contributed by atoms with Gasteiger partial charge < -0.3 is 15.2 Å². The van der Waals surface area contributed by atoms with E-state index >= 15 is 0 Å². The summed E-state index contributed by atoms with van der Waals surface area (Å²) in [4.78, 5) is 23.4. The van der Waals surface area contributed by atoms with Gasteiger partial charge in [-0.25, -0.2) is 13.2 Å².